The molecule has 1 heterocycles. The van der Waals surface area contributed by atoms with Crippen LogP contribution < -0.4 is 5.32 Å². The number of nitrogens with one attached hydrogen (secondary N) is 1. The van der Waals surface area contributed by atoms with E-state index in [4.69, 9.17) is 0 Å². The second kappa shape index (κ2) is 5.88. The van der Waals surface area contributed by atoms with Crippen molar-refractivity contribution in [2.75, 3.05) is 0 Å². The molecule has 1 unspecified atom stereocenters. The van der Waals surface area contributed by atoms with E-state index in [1.54, 1.807) is 11.3 Å². The summed E-state index contributed by atoms with van der Waals surface area (Å²) in [6.45, 7) is 4.24. The molecule has 0 saturated carbocycles. The van der Waals surface area contributed by atoms with Crippen molar-refractivity contribution >= 4 is 22.1 Å². The molecule has 2 N–H and O–H groups in total. The minimum absolute atomic E-state index is 0.0895. The molecule has 0 spiro atoms. The summed E-state index contributed by atoms with van der Waals surface area (Å²) >= 11 is 1.75. The van der Waals surface area contributed by atoms with Crippen molar-refractivity contribution in [1.29, 1.82) is 0 Å². The molecule has 3 rings (SSSR count). The summed E-state index contributed by atoms with van der Waals surface area (Å²) in [6.07, 6.45) is 0. The molecule has 2 atom stereocenters. The standard InChI is InChI=1S/C18H19NOS/c1-12(19-13(2)17-8-5-11-21-17)15-10-9-14-6-3-4-7-16(14)18(15)20/h3-13,19-20H,1-2H3/t12?,13-/m1/s1. The van der Waals surface area contributed by atoms with E-state index >= 15 is 0 Å². The Kier molecular flexibility index (Phi) is 3.95. The highest BCUT2D eigenvalue weighted by Crippen LogP contribution is 2.33. The van der Waals surface area contributed by atoms with Gasteiger partial charge in [0.1, 0.15) is 5.75 Å². The van der Waals surface area contributed by atoms with Gasteiger partial charge in [-0.2, -0.15) is 0 Å². The molecule has 0 radical (unpaired) electrons. The molecule has 3 heteroatoms. The minimum atomic E-state index is 0.0895. The number of fused-ring (bicyclic) bond motifs is 1. The molecule has 0 amide bonds. The van der Waals surface area contributed by atoms with Crippen molar-refractivity contribution in [3.8, 4) is 5.75 Å². The molecule has 2 aromatic carbocycles. The van der Waals surface area contributed by atoms with Gasteiger partial charge in [0.15, 0.2) is 0 Å². The fourth-order valence-corrected chi connectivity index (χ4v) is 3.45. The quantitative estimate of drug-likeness (QED) is 0.708. The van der Waals surface area contributed by atoms with Gasteiger partial charge >= 0.3 is 0 Å². The van der Waals surface area contributed by atoms with Gasteiger partial charge in [0.2, 0.25) is 0 Å². The molecule has 1 aromatic heterocycles. The predicted octanol–water partition coefficient (Wildman–Crippen LogP) is 5.02. The van der Waals surface area contributed by atoms with Crippen molar-refractivity contribution in [3.05, 3.63) is 64.4 Å². The van der Waals surface area contributed by atoms with E-state index in [0.29, 0.717) is 5.75 Å². The van der Waals surface area contributed by atoms with Gasteiger partial charge in [-0.3, -0.25) is 0 Å². The summed E-state index contributed by atoms with van der Waals surface area (Å²) < 4.78 is 0. The zero-order chi connectivity index (χ0) is 14.8. The Balaban J connectivity index is 1.87. The Bertz CT molecular complexity index is 736. The van der Waals surface area contributed by atoms with E-state index in [0.717, 1.165) is 16.3 Å². The first-order valence-corrected chi connectivity index (χ1v) is 8.05. The fourth-order valence-electron chi connectivity index (χ4n) is 2.71. The fraction of sp³-hybridized carbons (Fsp3) is 0.222. The Morgan fingerprint density at radius 3 is 2.52 bits per heavy atom. The predicted molar refractivity (Wildman–Crippen MR) is 89.9 cm³/mol. The van der Waals surface area contributed by atoms with E-state index < -0.39 is 0 Å². The summed E-state index contributed by atoms with van der Waals surface area (Å²) in [6, 6.07) is 16.6. The molecule has 0 bridgehead atoms. The van der Waals surface area contributed by atoms with Crippen molar-refractivity contribution in [3.63, 3.8) is 0 Å². The van der Waals surface area contributed by atoms with Crippen molar-refractivity contribution in [2.45, 2.75) is 25.9 Å². The maximum absolute atomic E-state index is 10.5. The number of benzene rings is 2. The molecular weight excluding hydrogens is 278 g/mol. The number of rotatable bonds is 4. The van der Waals surface area contributed by atoms with E-state index in [2.05, 4.69) is 42.7 Å². The summed E-state index contributed by atoms with van der Waals surface area (Å²) in [5.74, 6) is 0.381. The largest absolute Gasteiger partial charge is 0.507 e. The normalized spacial score (nSPS) is 14.2. The molecule has 108 valence electrons. The first-order valence-electron chi connectivity index (χ1n) is 7.17. The molecule has 21 heavy (non-hydrogen) atoms. The second-order valence-electron chi connectivity index (χ2n) is 5.35. The number of phenols is 1. The Labute approximate surface area is 129 Å². The number of thiophene rings is 1. The van der Waals surface area contributed by atoms with Crippen LogP contribution in [0.1, 0.15) is 36.4 Å². The van der Waals surface area contributed by atoms with E-state index in [9.17, 15) is 5.11 Å². The Hall–Kier alpha value is -1.84. The maximum Gasteiger partial charge on any atom is 0.128 e. The zero-order valence-electron chi connectivity index (χ0n) is 12.2. The van der Waals surface area contributed by atoms with Crippen LogP contribution in [0, 0.1) is 0 Å². The lowest BCUT2D eigenvalue weighted by molar-refractivity contribution is 0.445. The smallest absolute Gasteiger partial charge is 0.128 e. The van der Waals surface area contributed by atoms with E-state index in [1.807, 2.05) is 30.3 Å². The lowest BCUT2D eigenvalue weighted by Gasteiger charge is -2.21. The summed E-state index contributed by atoms with van der Waals surface area (Å²) in [5, 5.41) is 18.1. The molecule has 3 aromatic rings. The number of phenolic OH excluding ortho intramolecular Hbond substituents is 1. The van der Waals surface area contributed by atoms with Crippen LogP contribution in [0.3, 0.4) is 0 Å². The zero-order valence-corrected chi connectivity index (χ0v) is 13.0. The summed E-state index contributed by atoms with van der Waals surface area (Å²) in [4.78, 5) is 1.31. The van der Waals surface area contributed by atoms with E-state index in [-0.39, 0.29) is 12.1 Å². The maximum atomic E-state index is 10.5. The van der Waals surface area contributed by atoms with Gasteiger partial charge < -0.3 is 10.4 Å². The van der Waals surface area contributed by atoms with Crippen LogP contribution in [0.2, 0.25) is 0 Å². The molecule has 0 aliphatic carbocycles. The topological polar surface area (TPSA) is 32.3 Å². The molecule has 0 aliphatic rings. The number of hydrogen-bond donors (Lipinski definition) is 2. The van der Waals surface area contributed by atoms with Crippen LogP contribution >= 0.6 is 11.3 Å². The number of aromatic hydroxyl groups is 1. The van der Waals surface area contributed by atoms with Crippen LogP contribution in [0.4, 0.5) is 0 Å². The van der Waals surface area contributed by atoms with Crippen LogP contribution in [-0.2, 0) is 0 Å². The summed E-state index contributed by atoms with van der Waals surface area (Å²) in [7, 11) is 0. The van der Waals surface area contributed by atoms with Gasteiger partial charge in [0.05, 0.1) is 0 Å². The average Bonchev–Trinajstić information content (AvgIpc) is 3.02. The van der Waals surface area contributed by atoms with Gasteiger partial charge in [0, 0.05) is 27.9 Å². The highest BCUT2D eigenvalue weighted by Gasteiger charge is 2.16. The van der Waals surface area contributed by atoms with E-state index in [1.165, 1.54) is 4.88 Å². The molecule has 0 saturated heterocycles. The first kappa shape index (κ1) is 14.1. The van der Waals surface area contributed by atoms with Gasteiger partial charge in [-0.25, -0.2) is 0 Å². The highest BCUT2D eigenvalue weighted by atomic mass is 32.1. The van der Waals surface area contributed by atoms with Crippen molar-refractivity contribution in [2.24, 2.45) is 0 Å². The third-order valence-electron chi connectivity index (χ3n) is 3.87. The average molecular weight is 297 g/mol. The van der Waals surface area contributed by atoms with Crippen LogP contribution in [0.15, 0.2) is 53.9 Å². The second-order valence-corrected chi connectivity index (χ2v) is 6.33. The molecule has 0 fully saturated rings. The van der Waals surface area contributed by atoms with Gasteiger partial charge in [0.25, 0.3) is 0 Å². The van der Waals surface area contributed by atoms with Crippen LogP contribution in [0.5, 0.6) is 5.75 Å². The Morgan fingerprint density at radius 2 is 1.76 bits per heavy atom. The first-order chi connectivity index (χ1) is 10.2. The van der Waals surface area contributed by atoms with Crippen molar-refractivity contribution in [1.82, 2.24) is 5.32 Å². The van der Waals surface area contributed by atoms with Gasteiger partial charge in [-0.1, -0.05) is 42.5 Å². The number of hydrogen-bond acceptors (Lipinski definition) is 3. The van der Waals surface area contributed by atoms with Gasteiger partial charge in [-0.05, 0) is 30.7 Å². The molecular formula is C18H19NOS. The highest BCUT2D eigenvalue weighted by molar-refractivity contribution is 7.10. The molecule has 0 aliphatic heterocycles. The third-order valence-corrected chi connectivity index (χ3v) is 4.92. The Morgan fingerprint density at radius 1 is 0.952 bits per heavy atom. The van der Waals surface area contributed by atoms with Crippen LogP contribution in [-0.4, -0.2) is 5.11 Å². The molecule has 2 nitrogen and oxygen atoms in total. The monoisotopic (exact) mass is 297 g/mol. The lowest BCUT2D eigenvalue weighted by atomic mass is 10.0. The summed E-state index contributed by atoms with van der Waals surface area (Å²) in [5.41, 5.74) is 0.942. The van der Waals surface area contributed by atoms with Crippen molar-refractivity contribution < 1.29 is 5.11 Å². The van der Waals surface area contributed by atoms with Gasteiger partial charge in [-0.15, -0.1) is 11.3 Å². The third kappa shape index (κ3) is 2.80. The van der Waals surface area contributed by atoms with Crippen LogP contribution in [0.25, 0.3) is 10.8 Å². The SMILES string of the molecule is CC(N[C@H](C)c1cccs1)c1ccc2ccccc2c1O. The lowest BCUT2D eigenvalue weighted by Crippen LogP contribution is -2.21. The minimum Gasteiger partial charge on any atom is -0.507 e.